The maximum Gasteiger partial charge on any atom is 0.227 e. The number of fused-ring (bicyclic) bond motifs is 3. The summed E-state index contributed by atoms with van der Waals surface area (Å²) in [5.74, 6) is 0.263. The fourth-order valence-corrected chi connectivity index (χ4v) is 3.51. The summed E-state index contributed by atoms with van der Waals surface area (Å²) in [6, 6.07) is 17.1. The van der Waals surface area contributed by atoms with Crippen molar-refractivity contribution in [3.8, 4) is 0 Å². The summed E-state index contributed by atoms with van der Waals surface area (Å²) in [7, 11) is 0. The van der Waals surface area contributed by atoms with E-state index in [1.165, 1.54) is 33.5 Å². The molecule has 2 heterocycles. The second-order valence-electron chi connectivity index (χ2n) is 6.25. The van der Waals surface area contributed by atoms with Gasteiger partial charge in [-0.1, -0.05) is 54.1 Å². The second kappa shape index (κ2) is 5.13. The normalized spacial score (nSPS) is 16.8. The number of benzene rings is 2. The Bertz CT molecular complexity index is 771. The zero-order valence-corrected chi connectivity index (χ0v) is 12.8. The van der Waals surface area contributed by atoms with Crippen molar-refractivity contribution in [2.45, 2.75) is 32.7 Å². The molecule has 2 aromatic rings. The number of carbonyl (C=O) groups is 1. The van der Waals surface area contributed by atoms with Crippen LogP contribution in [0.2, 0.25) is 0 Å². The van der Waals surface area contributed by atoms with Crippen molar-refractivity contribution in [2.24, 2.45) is 0 Å². The van der Waals surface area contributed by atoms with E-state index >= 15 is 0 Å². The Labute approximate surface area is 131 Å². The van der Waals surface area contributed by atoms with Gasteiger partial charge in [0.2, 0.25) is 5.91 Å². The maximum absolute atomic E-state index is 12.3. The van der Waals surface area contributed by atoms with E-state index in [4.69, 9.17) is 0 Å². The van der Waals surface area contributed by atoms with E-state index in [2.05, 4.69) is 55.5 Å². The molecule has 1 amide bonds. The molecule has 0 saturated heterocycles. The molecule has 0 aromatic heterocycles. The third kappa shape index (κ3) is 2.16. The van der Waals surface area contributed by atoms with Gasteiger partial charge in [-0.3, -0.25) is 4.79 Å². The number of hydrogen-bond acceptors (Lipinski definition) is 1. The van der Waals surface area contributed by atoms with E-state index in [1.54, 1.807) is 0 Å². The number of carbonyl (C=O) groups excluding carboxylic acids is 1. The summed E-state index contributed by atoms with van der Waals surface area (Å²) in [5.41, 5.74) is 7.70. The Kier molecular flexibility index (Phi) is 3.11. The molecule has 0 fully saturated rings. The van der Waals surface area contributed by atoms with Crippen molar-refractivity contribution in [3.63, 3.8) is 0 Å². The van der Waals surface area contributed by atoms with Crippen LogP contribution in [-0.2, 0) is 17.8 Å². The first-order valence-corrected chi connectivity index (χ1v) is 7.88. The third-order valence-electron chi connectivity index (χ3n) is 4.69. The van der Waals surface area contributed by atoms with E-state index in [9.17, 15) is 4.79 Å². The molecule has 0 radical (unpaired) electrons. The van der Waals surface area contributed by atoms with Crippen LogP contribution in [0.4, 0.5) is 0 Å². The van der Waals surface area contributed by atoms with Crippen molar-refractivity contribution in [3.05, 3.63) is 76.4 Å². The van der Waals surface area contributed by atoms with E-state index in [0.29, 0.717) is 6.42 Å². The zero-order chi connectivity index (χ0) is 15.1. The molecular formula is C20H19NO. The molecular weight excluding hydrogens is 270 g/mol. The van der Waals surface area contributed by atoms with Crippen LogP contribution in [0.25, 0.3) is 5.70 Å². The fourth-order valence-electron chi connectivity index (χ4n) is 3.51. The lowest BCUT2D eigenvalue weighted by Crippen LogP contribution is -2.29. The summed E-state index contributed by atoms with van der Waals surface area (Å²) in [6.45, 7) is 2.85. The largest absolute Gasteiger partial charge is 0.307 e. The number of aryl methyl sites for hydroxylation is 1. The van der Waals surface area contributed by atoms with Crippen LogP contribution in [0, 0.1) is 6.92 Å². The first-order chi connectivity index (χ1) is 10.7. The molecule has 2 aliphatic heterocycles. The Morgan fingerprint density at radius 2 is 1.77 bits per heavy atom. The van der Waals surface area contributed by atoms with Crippen LogP contribution in [0.3, 0.4) is 0 Å². The van der Waals surface area contributed by atoms with E-state index in [-0.39, 0.29) is 5.91 Å². The third-order valence-corrected chi connectivity index (χ3v) is 4.69. The highest BCUT2D eigenvalue weighted by Crippen LogP contribution is 2.40. The standard InChI is InChI=1S/C20H19NO/c1-14-6-8-15(9-7-14)12-16-10-11-19(22)21-13-17-4-2-3-5-18(17)20(16)21/h2-9H,10-13H2,1H3. The molecule has 22 heavy (non-hydrogen) atoms. The average molecular weight is 289 g/mol. The highest BCUT2D eigenvalue weighted by Gasteiger charge is 2.33. The summed E-state index contributed by atoms with van der Waals surface area (Å²) < 4.78 is 0. The van der Waals surface area contributed by atoms with Gasteiger partial charge in [0, 0.05) is 12.0 Å². The molecule has 0 saturated carbocycles. The predicted octanol–water partition coefficient (Wildman–Crippen LogP) is 4.08. The summed E-state index contributed by atoms with van der Waals surface area (Å²) >= 11 is 0. The Hall–Kier alpha value is -2.35. The first-order valence-electron chi connectivity index (χ1n) is 7.88. The van der Waals surface area contributed by atoms with Crippen LogP contribution in [-0.4, -0.2) is 10.8 Å². The monoisotopic (exact) mass is 289 g/mol. The lowest BCUT2D eigenvalue weighted by atomic mass is 9.93. The van der Waals surface area contributed by atoms with Gasteiger partial charge in [0.15, 0.2) is 0 Å². The number of hydrogen-bond donors (Lipinski definition) is 0. The number of allylic oxidation sites excluding steroid dienone is 1. The lowest BCUT2D eigenvalue weighted by Gasteiger charge is -2.27. The molecule has 0 bridgehead atoms. The van der Waals surface area contributed by atoms with Gasteiger partial charge in [0.05, 0.1) is 12.2 Å². The van der Waals surface area contributed by atoms with Gasteiger partial charge in [0.1, 0.15) is 0 Å². The Morgan fingerprint density at radius 3 is 2.59 bits per heavy atom. The van der Waals surface area contributed by atoms with Crippen molar-refractivity contribution in [1.82, 2.24) is 4.90 Å². The topological polar surface area (TPSA) is 20.3 Å². The minimum Gasteiger partial charge on any atom is -0.307 e. The van der Waals surface area contributed by atoms with Crippen molar-refractivity contribution < 1.29 is 4.79 Å². The van der Waals surface area contributed by atoms with Crippen molar-refractivity contribution >= 4 is 11.6 Å². The smallest absolute Gasteiger partial charge is 0.227 e. The SMILES string of the molecule is Cc1ccc(CC2=C3c4ccccc4CN3C(=O)CC2)cc1. The molecule has 0 unspecified atom stereocenters. The van der Waals surface area contributed by atoms with E-state index < -0.39 is 0 Å². The van der Waals surface area contributed by atoms with Gasteiger partial charge in [0.25, 0.3) is 0 Å². The minimum atomic E-state index is 0.263. The van der Waals surface area contributed by atoms with Crippen LogP contribution in [0.5, 0.6) is 0 Å². The van der Waals surface area contributed by atoms with Crippen LogP contribution >= 0.6 is 0 Å². The van der Waals surface area contributed by atoms with E-state index in [1.807, 2.05) is 4.90 Å². The molecule has 2 heteroatoms. The van der Waals surface area contributed by atoms with Gasteiger partial charge >= 0.3 is 0 Å². The molecule has 110 valence electrons. The van der Waals surface area contributed by atoms with Crippen LogP contribution in [0.1, 0.15) is 35.1 Å². The van der Waals surface area contributed by atoms with Gasteiger partial charge in [-0.25, -0.2) is 0 Å². The molecule has 2 nitrogen and oxygen atoms in total. The molecule has 4 rings (SSSR count). The molecule has 0 aliphatic carbocycles. The predicted molar refractivity (Wildman–Crippen MR) is 88.0 cm³/mol. The van der Waals surface area contributed by atoms with Gasteiger partial charge in [-0.15, -0.1) is 0 Å². The minimum absolute atomic E-state index is 0.263. The maximum atomic E-state index is 12.3. The zero-order valence-electron chi connectivity index (χ0n) is 12.8. The molecule has 0 atom stereocenters. The number of amides is 1. The van der Waals surface area contributed by atoms with Gasteiger partial charge in [-0.2, -0.15) is 0 Å². The average Bonchev–Trinajstić information content (AvgIpc) is 2.93. The van der Waals surface area contributed by atoms with Gasteiger partial charge < -0.3 is 4.90 Å². The van der Waals surface area contributed by atoms with Gasteiger partial charge in [-0.05, 0) is 36.5 Å². The van der Waals surface area contributed by atoms with E-state index in [0.717, 1.165) is 19.4 Å². The lowest BCUT2D eigenvalue weighted by molar-refractivity contribution is -0.128. The molecule has 2 aromatic carbocycles. The Balaban J connectivity index is 1.77. The summed E-state index contributed by atoms with van der Waals surface area (Å²) in [4.78, 5) is 14.3. The molecule has 0 spiro atoms. The second-order valence-corrected chi connectivity index (χ2v) is 6.25. The highest BCUT2D eigenvalue weighted by atomic mass is 16.2. The Morgan fingerprint density at radius 1 is 1.00 bits per heavy atom. The fraction of sp³-hybridized carbons (Fsp3) is 0.250. The van der Waals surface area contributed by atoms with Crippen molar-refractivity contribution in [1.29, 1.82) is 0 Å². The quantitative estimate of drug-likeness (QED) is 0.815. The highest BCUT2D eigenvalue weighted by molar-refractivity contribution is 5.93. The van der Waals surface area contributed by atoms with Crippen molar-refractivity contribution in [2.75, 3.05) is 0 Å². The molecule has 2 aliphatic rings. The summed E-state index contributed by atoms with van der Waals surface area (Å²) in [5, 5.41) is 0. The number of rotatable bonds is 2. The first kappa shape index (κ1) is 13.3. The van der Waals surface area contributed by atoms with Crippen LogP contribution in [0.15, 0.2) is 54.1 Å². The molecule has 0 N–H and O–H groups in total. The summed E-state index contributed by atoms with van der Waals surface area (Å²) in [6.07, 6.45) is 2.46. The number of nitrogens with zero attached hydrogens (tertiary/aromatic N) is 1. The van der Waals surface area contributed by atoms with Crippen LogP contribution < -0.4 is 0 Å².